The number of hydrogen-bond acceptors (Lipinski definition) is 4. The molecule has 0 spiro atoms. The van der Waals surface area contributed by atoms with E-state index in [9.17, 15) is 9.90 Å². The van der Waals surface area contributed by atoms with E-state index in [-0.39, 0.29) is 17.3 Å². The third kappa shape index (κ3) is 3.50. The molecular formula is C23H26NO4+. The lowest BCUT2D eigenvalue weighted by Crippen LogP contribution is -3.12. The van der Waals surface area contributed by atoms with Crippen LogP contribution in [-0.4, -0.2) is 31.1 Å². The van der Waals surface area contributed by atoms with Crippen molar-refractivity contribution in [2.45, 2.75) is 26.3 Å². The molecule has 2 aliphatic heterocycles. The van der Waals surface area contributed by atoms with Crippen molar-refractivity contribution in [2.24, 2.45) is 5.92 Å². The highest BCUT2D eigenvalue weighted by Crippen LogP contribution is 2.39. The smallest absolute Gasteiger partial charge is 0.231 e. The van der Waals surface area contributed by atoms with E-state index in [2.05, 4.69) is 6.92 Å². The van der Waals surface area contributed by atoms with E-state index in [1.54, 1.807) is 25.3 Å². The molecule has 0 saturated carbocycles. The van der Waals surface area contributed by atoms with E-state index in [0.29, 0.717) is 29.5 Å². The predicted octanol–water partition coefficient (Wildman–Crippen LogP) is 2.83. The van der Waals surface area contributed by atoms with Crippen molar-refractivity contribution in [3.05, 3.63) is 58.8 Å². The predicted molar refractivity (Wildman–Crippen MR) is 107 cm³/mol. The summed E-state index contributed by atoms with van der Waals surface area (Å²) in [5.74, 6) is 2.13. The van der Waals surface area contributed by atoms with Crippen molar-refractivity contribution < 1.29 is 24.3 Å². The van der Waals surface area contributed by atoms with E-state index >= 15 is 0 Å². The summed E-state index contributed by atoms with van der Waals surface area (Å²) < 4.78 is 11.4. The zero-order valence-electron chi connectivity index (χ0n) is 16.3. The van der Waals surface area contributed by atoms with Crippen molar-refractivity contribution in [1.82, 2.24) is 0 Å². The lowest BCUT2D eigenvalue weighted by Gasteiger charge is -2.28. The normalized spacial score (nSPS) is 22.8. The number of aromatic hydroxyl groups is 1. The number of carbonyl (C=O) groups is 1. The molecule has 0 bridgehead atoms. The molecule has 5 heteroatoms. The van der Waals surface area contributed by atoms with Gasteiger partial charge >= 0.3 is 0 Å². The van der Waals surface area contributed by atoms with E-state index < -0.39 is 0 Å². The van der Waals surface area contributed by atoms with Gasteiger partial charge in [0.05, 0.1) is 31.3 Å². The van der Waals surface area contributed by atoms with E-state index in [0.717, 1.165) is 24.2 Å². The van der Waals surface area contributed by atoms with Crippen molar-refractivity contribution in [3.8, 4) is 17.2 Å². The lowest BCUT2D eigenvalue weighted by molar-refractivity contribution is -0.922. The van der Waals surface area contributed by atoms with Gasteiger partial charge < -0.3 is 19.5 Å². The fourth-order valence-corrected chi connectivity index (χ4v) is 4.20. The largest absolute Gasteiger partial charge is 0.507 e. The first-order valence-corrected chi connectivity index (χ1v) is 9.82. The van der Waals surface area contributed by atoms with Crippen LogP contribution in [0.25, 0.3) is 6.08 Å². The number of carbonyl (C=O) groups excluding carboxylic acids is 1. The Balaban J connectivity index is 1.66. The van der Waals surface area contributed by atoms with Gasteiger partial charge in [0.1, 0.15) is 18.0 Å². The van der Waals surface area contributed by atoms with Crippen molar-refractivity contribution in [2.75, 3.05) is 20.2 Å². The Labute approximate surface area is 165 Å². The van der Waals surface area contributed by atoms with Gasteiger partial charge in [0, 0.05) is 11.5 Å². The number of phenols is 1. The second kappa shape index (κ2) is 7.68. The number of nitrogens with one attached hydrogen (secondary N) is 1. The number of allylic oxidation sites excluding steroid dienone is 1. The molecule has 2 aliphatic rings. The zero-order valence-corrected chi connectivity index (χ0v) is 16.3. The van der Waals surface area contributed by atoms with Gasteiger partial charge in [0.15, 0.2) is 11.5 Å². The molecule has 2 aromatic carbocycles. The van der Waals surface area contributed by atoms with Gasteiger partial charge in [0.25, 0.3) is 0 Å². The van der Waals surface area contributed by atoms with Gasteiger partial charge in [-0.15, -0.1) is 0 Å². The van der Waals surface area contributed by atoms with Crippen LogP contribution in [0.5, 0.6) is 17.2 Å². The van der Waals surface area contributed by atoms with Crippen molar-refractivity contribution in [3.63, 3.8) is 0 Å². The number of para-hydroxylation sites is 1. The molecule has 4 rings (SSSR count). The monoisotopic (exact) mass is 380 g/mol. The number of likely N-dealkylation sites (tertiary alicyclic amines) is 1. The van der Waals surface area contributed by atoms with Crippen LogP contribution in [0, 0.1) is 5.92 Å². The highest BCUT2D eigenvalue weighted by Gasteiger charge is 2.33. The van der Waals surface area contributed by atoms with Gasteiger partial charge in [-0.25, -0.2) is 0 Å². The van der Waals surface area contributed by atoms with Crippen LogP contribution in [-0.2, 0) is 6.54 Å². The second-order valence-corrected chi connectivity index (χ2v) is 7.75. The minimum atomic E-state index is -0.163. The highest BCUT2D eigenvalue weighted by molar-refractivity contribution is 6.15. The zero-order chi connectivity index (χ0) is 19.7. The van der Waals surface area contributed by atoms with Gasteiger partial charge in [0.2, 0.25) is 5.78 Å². The second-order valence-electron chi connectivity index (χ2n) is 7.75. The number of piperidine rings is 1. The van der Waals surface area contributed by atoms with Crippen molar-refractivity contribution >= 4 is 11.9 Å². The Hall–Kier alpha value is -2.79. The molecule has 2 heterocycles. The molecule has 5 nitrogen and oxygen atoms in total. The molecule has 1 fully saturated rings. The molecule has 2 atom stereocenters. The summed E-state index contributed by atoms with van der Waals surface area (Å²) in [6.45, 7) is 5.07. The van der Waals surface area contributed by atoms with E-state index in [4.69, 9.17) is 9.47 Å². The third-order valence-corrected chi connectivity index (χ3v) is 5.63. The van der Waals surface area contributed by atoms with E-state index in [1.807, 2.05) is 24.3 Å². The number of phenolic OH excluding ortho intramolecular Hbond substituents is 1. The minimum Gasteiger partial charge on any atom is -0.507 e. The lowest BCUT2D eigenvalue weighted by atomic mass is 9.99. The maximum Gasteiger partial charge on any atom is 0.231 e. The molecule has 0 aromatic heterocycles. The van der Waals surface area contributed by atoms with Gasteiger partial charge in [-0.1, -0.05) is 25.1 Å². The van der Waals surface area contributed by atoms with Crippen LogP contribution in [0.1, 0.15) is 41.3 Å². The first kappa shape index (κ1) is 18.6. The molecule has 1 saturated heterocycles. The molecule has 0 amide bonds. The number of methoxy groups -OCH3 is 1. The van der Waals surface area contributed by atoms with Crippen LogP contribution < -0.4 is 14.4 Å². The van der Waals surface area contributed by atoms with E-state index in [1.165, 1.54) is 17.7 Å². The molecule has 2 aromatic rings. The standard InChI is InChI=1S/C23H25NO4/c1-15-6-5-11-24(13-15)14-18-19(25)10-9-17-22(26)21(28-23(17)18)12-16-7-3-4-8-20(16)27-2/h3-4,7-10,12,15,25H,5-6,11,13-14H2,1-2H3/p+1/t15-/m0/s1. The molecule has 28 heavy (non-hydrogen) atoms. The first-order chi connectivity index (χ1) is 13.6. The number of hydrogen-bond donors (Lipinski definition) is 2. The summed E-state index contributed by atoms with van der Waals surface area (Å²) in [7, 11) is 1.60. The summed E-state index contributed by atoms with van der Waals surface area (Å²) in [6, 6.07) is 10.7. The molecule has 0 radical (unpaired) electrons. The van der Waals surface area contributed by atoms with Crippen molar-refractivity contribution in [1.29, 1.82) is 0 Å². The summed E-state index contributed by atoms with van der Waals surface area (Å²) in [6.07, 6.45) is 4.14. The maximum absolute atomic E-state index is 12.9. The number of fused-ring (bicyclic) bond motifs is 1. The summed E-state index contributed by atoms with van der Waals surface area (Å²) in [5.41, 5.74) is 2.01. The summed E-state index contributed by atoms with van der Waals surface area (Å²) >= 11 is 0. The summed E-state index contributed by atoms with van der Waals surface area (Å²) in [4.78, 5) is 14.3. The van der Waals surface area contributed by atoms with Crippen LogP contribution in [0.4, 0.5) is 0 Å². The Morgan fingerprint density at radius 1 is 1.29 bits per heavy atom. The Kier molecular flexibility index (Phi) is 5.09. The first-order valence-electron chi connectivity index (χ1n) is 9.82. The Bertz CT molecular complexity index is 934. The van der Waals surface area contributed by atoms with Gasteiger partial charge in [-0.05, 0) is 37.1 Å². The maximum atomic E-state index is 12.9. The van der Waals surface area contributed by atoms with Crippen LogP contribution in [0.2, 0.25) is 0 Å². The highest BCUT2D eigenvalue weighted by atomic mass is 16.5. The molecule has 2 N–H and O–H groups in total. The van der Waals surface area contributed by atoms with Gasteiger partial charge in [-0.3, -0.25) is 4.79 Å². The minimum absolute atomic E-state index is 0.163. The number of rotatable bonds is 4. The van der Waals surface area contributed by atoms with Crippen LogP contribution in [0.15, 0.2) is 42.2 Å². The Morgan fingerprint density at radius 2 is 2.11 bits per heavy atom. The fourth-order valence-electron chi connectivity index (χ4n) is 4.20. The number of benzene rings is 2. The van der Waals surface area contributed by atoms with Gasteiger partial charge in [-0.2, -0.15) is 0 Å². The average molecular weight is 380 g/mol. The molecule has 1 unspecified atom stereocenters. The molecule has 146 valence electrons. The summed E-state index contributed by atoms with van der Waals surface area (Å²) in [5, 5.41) is 10.5. The molecule has 0 aliphatic carbocycles. The quantitative estimate of drug-likeness (QED) is 0.801. The number of ether oxygens (including phenoxy) is 2. The number of Topliss-reactive ketones (excluding diaryl/α,β-unsaturated/α-hetero) is 1. The SMILES string of the molecule is COc1ccccc1C=C1Oc2c(ccc(O)c2C[NH+]2CCC[C@H](C)C2)C1=O. The number of ketones is 1. The topological polar surface area (TPSA) is 60.2 Å². The van der Waals surface area contributed by atoms with Crippen LogP contribution >= 0.6 is 0 Å². The van der Waals surface area contributed by atoms with Crippen LogP contribution in [0.3, 0.4) is 0 Å². The third-order valence-electron chi connectivity index (χ3n) is 5.63. The average Bonchev–Trinajstić information content (AvgIpc) is 3.00. The Morgan fingerprint density at radius 3 is 2.89 bits per heavy atom. The number of quaternary nitrogens is 1. The fraction of sp³-hybridized carbons (Fsp3) is 0.348. The molecular weight excluding hydrogens is 354 g/mol.